The molecule has 0 radical (unpaired) electrons. The lowest BCUT2D eigenvalue weighted by molar-refractivity contribution is 0.0342. The summed E-state index contributed by atoms with van der Waals surface area (Å²) in [6, 6.07) is 18.6. The number of rotatable bonds is 8. The molecule has 1 saturated heterocycles. The summed E-state index contributed by atoms with van der Waals surface area (Å²) < 4.78 is 11.1. The minimum absolute atomic E-state index is 0. The highest BCUT2D eigenvalue weighted by Gasteiger charge is 2.10. The monoisotopic (exact) mass is 510 g/mol. The summed E-state index contributed by atoms with van der Waals surface area (Å²) >= 11 is 0. The van der Waals surface area contributed by atoms with Gasteiger partial charge >= 0.3 is 0 Å². The number of nitrogens with one attached hydrogen (secondary N) is 2. The summed E-state index contributed by atoms with van der Waals surface area (Å²) in [7, 11) is 1.78. The van der Waals surface area contributed by atoms with Crippen molar-refractivity contribution in [2.24, 2.45) is 4.99 Å². The predicted octanol–water partition coefficient (Wildman–Crippen LogP) is 2.88. The Labute approximate surface area is 190 Å². The van der Waals surface area contributed by atoms with Crippen molar-refractivity contribution in [2.75, 3.05) is 46.5 Å². The van der Waals surface area contributed by atoms with Crippen LogP contribution in [0.1, 0.15) is 11.1 Å². The van der Waals surface area contributed by atoms with Gasteiger partial charge < -0.3 is 20.1 Å². The molecule has 2 N–H and O–H groups in total. The third-order valence-electron chi connectivity index (χ3n) is 4.62. The molecule has 29 heavy (non-hydrogen) atoms. The van der Waals surface area contributed by atoms with Gasteiger partial charge in [-0.1, -0.05) is 42.5 Å². The summed E-state index contributed by atoms with van der Waals surface area (Å²) in [5.41, 5.74) is 2.57. The van der Waals surface area contributed by atoms with Crippen LogP contribution in [-0.2, 0) is 17.8 Å². The summed E-state index contributed by atoms with van der Waals surface area (Å²) in [4.78, 5) is 6.69. The molecule has 0 saturated carbocycles. The lowest BCUT2D eigenvalue weighted by atomic mass is 10.1. The van der Waals surface area contributed by atoms with Gasteiger partial charge in [0.15, 0.2) is 5.96 Å². The van der Waals surface area contributed by atoms with Crippen LogP contribution >= 0.6 is 24.0 Å². The number of ether oxygens (including phenoxy) is 2. The average Bonchev–Trinajstić information content (AvgIpc) is 2.76. The van der Waals surface area contributed by atoms with E-state index in [1.807, 2.05) is 30.3 Å². The molecule has 6 nitrogen and oxygen atoms in total. The highest BCUT2D eigenvalue weighted by Crippen LogP contribution is 2.09. The van der Waals surface area contributed by atoms with Gasteiger partial charge in [0.05, 0.1) is 19.8 Å². The zero-order valence-corrected chi connectivity index (χ0v) is 19.3. The van der Waals surface area contributed by atoms with Crippen LogP contribution in [0, 0.1) is 0 Å². The molecule has 0 spiro atoms. The Morgan fingerprint density at radius 2 is 1.69 bits per heavy atom. The van der Waals surface area contributed by atoms with E-state index in [9.17, 15) is 0 Å². The normalized spacial score (nSPS) is 14.7. The maximum atomic E-state index is 5.68. The fraction of sp³-hybridized carbons (Fsp3) is 0.409. The third-order valence-corrected chi connectivity index (χ3v) is 4.62. The van der Waals surface area contributed by atoms with Crippen molar-refractivity contribution in [3.8, 4) is 5.75 Å². The lowest BCUT2D eigenvalue weighted by Gasteiger charge is -2.26. The van der Waals surface area contributed by atoms with Crippen LogP contribution in [-0.4, -0.2) is 57.4 Å². The van der Waals surface area contributed by atoms with E-state index in [1.165, 1.54) is 11.1 Å². The van der Waals surface area contributed by atoms with E-state index in [0.29, 0.717) is 13.2 Å². The number of benzene rings is 2. The van der Waals surface area contributed by atoms with Gasteiger partial charge in [0.25, 0.3) is 0 Å². The Morgan fingerprint density at radius 1 is 1.00 bits per heavy atom. The van der Waals surface area contributed by atoms with Crippen molar-refractivity contribution in [1.29, 1.82) is 0 Å². The smallest absolute Gasteiger partial charge is 0.191 e. The molecule has 0 unspecified atom stereocenters. The predicted molar refractivity (Wildman–Crippen MR) is 128 cm³/mol. The zero-order valence-electron chi connectivity index (χ0n) is 17.0. The number of para-hydroxylation sites is 1. The molecule has 0 atom stereocenters. The van der Waals surface area contributed by atoms with Crippen LogP contribution < -0.4 is 15.4 Å². The molecule has 0 amide bonds. The standard InChI is InChI=1S/C22H30N4O2.HI/c1-23-22(24-11-14-28-21-5-3-2-4-6-21)25-17-19-7-9-20(10-8-19)18-26-12-15-27-16-13-26;/h2-10H,11-18H2,1H3,(H2,23,24,25);1H. The van der Waals surface area contributed by atoms with Gasteiger partial charge in [0.1, 0.15) is 12.4 Å². The van der Waals surface area contributed by atoms with Crippen LogP contribution in [0.4, 0.5) is 0 Å². The summed E-state index contributed by atoms with van der Waals surface area (Å²) in [6.07, 6.45) is 0. The van der Waals surface area contributed by atoms with E-state index in [0.717, 1.165) is 51.1 Å². The molecule has 2 aromatic carbocycles. The number of morpholine rings is 1. The Bertz CT molecular complexity index is 719. The van der Waals surface area contributed by atoms with Gasteiger partial charge in [0.2, 0.25) is 0 Å². The van der Waals surface area contributed by atoms with Gasteiger partial charge in [0, 0.05) is 33.2 Å². The summed E-state index contributed by atoms with van der Waals surface area (Å²) in [6.45, 7) is 6.69. The second kappa shape index (κ2) is 13.4. The van der Waals surface area contributed by atoms with Gasteiger partial charge in [-0.15, -0.1) is 24.0 Å². The SMILES string of the molecule is CN=C(NCCOc1ccccc1)NCc1ccc(CN2CCOCC2)cc1.I. The molecular weight excluding hydrogens is 479 g/mol. The Morgan fingerprint density at radius 3 is 2.38 bits per heavy atom. The van der Waals surface area contributed by atoms with Crippen LogP contribution in [0.5, 0.6) is 5.75 Å². The lowest BCUT2D eigenvalue weighted by Crippen LogP contribution is -2.38. The molecule has 2 aromatic rings. The summed E-state index contributed by atoms with van der Waals surface area (Å²) in [5, 5.41) is 6.61. The second-order valence-electron chi connectivity index (χ2n) is 6.72. The first kappa shape index (κ1) is 23.4. The largest absolute Gasteiger partial charge is 0.492 e. The Kier molecular flexibility index (Phi) is 10.8. The topological polar surface area (TPSA) is 58.1 Å². The van der Waals surface area contributed by atoms with Crippen molar-refractivity contribution in [2.45, 2.75) is 13.1 Å². The number of hydrogen-bond acceptors (Lipinski definition) is 4. The number of hydrogen-bond donors (Lipinski definition) is 2. The molecule has 158 valence electrons. The van der Waals surface area contributed by atoms with Gasteiger partial charge in [-0.05, 0) is 23.3 Å². The molecule has 1 aliphatic rings. The number of guanidine groups is 1. The Balaban J connectivity index is 0.00000300. The molecule has 1 fully saturated rings. The molecule has 3 rings (SSSR count). The zero-order chi connectivity index (χ0) is 19.4. The van der Waals surface area contributed by atoms with Crippen molar-refractivity contribution < 1.29 is 9.47 Å². The maximum absolute atomic E-state index is 5.68. The van der Waals surface area contributed by atoms with Crippen molar-refractivity contribution in [1.82, 2.24) is 15.5 Å². The van der Waals surface area contributed by atoms with Gasteiger partial charge in [-0.2, -0.15) is 0 Å². The van der Waals surface area contributed by atoms with E-state index < -0.39 is 0 Å². The van der Waals surface area contributed by atoms with E-state index in [4.69, 9.17) is 9.47 Å². The first-order valence-electron chi connectivity index (χ1n) is 9.84. The minimum atomic E-state index is 0. The maximum Gasteiger partial charge on any atom is 0.191 e. The molecule has 0 aliphatic carbocycles. The highest BCUT2D eigenvalue weighted by molar-refractivity contribution is 14.0. The number of aliphatic imine (C=N–C) groups is 1. The molecular formula is C22H31IN4O2. The first-order valence-corrected chi connectivity index (χ1v) is 9.84. The fourth-order valence-corrected chi connectivity index (χ4v) is 3.04. The molecule has 0 bridgehead atoms. The average molecular weight is 510 g/mol. The van der Waals surface area contributed by atoms with Crippen molar-refractivity contribution in [3.63, 3.8) is 0 Å². The first-order chi connectivity index (χ1) is 13.8. The quantitative estimate of drug-likeness (QED) is 0.248. The van der Waals surface area contributed by atoms with E-state index in [-0.39, 0.29) is 24.0 Å². The molecule has 0 aromatic heterocycles. The minimum Gasteiger partial charge on any atom is -0.492 e. The van der Waals surface area contributed by atoms with Crippen LogP contribution in [0.2, 0.25) is 0 Å². The Hall–Kier alpha value is -1.84. The van der Waals surface area contributed by atoms with E-state index >= 15 is 0 Å². The van der Waals surface area contributed by atoms with E-state index in [1.54, 1.807) is 7.05 Å². The molecule has 1 aliphatic heterocycles. The third kappa shape index (κ3) is 8.59. The fourth-order valence-electron chi connectivity index (χ4n) is 3.04. The van der Waals surface area contributed by atoms with Gasteiger partial charge in [-0.25, -0.2) is 0 Å². The van der Waals surface area contributed by atoms with Crippen LogP contribution in [0.25, 0.3) is 0 Å². The molecule has 7 heteroatoms. The number of nitrogens with zero attached hydrogens (tertiary/aromatic N) is 2. The second-order valence-corrected chi connectivity index (χ2v) is 6.72. The van der Waals surface area contributed by atoms with E-state index in [2.05, 4.69) is 44.8 Å². The van der Waals surface area contributed by atoms with Crippen LogP contribution in [0.15, 0.2) is 59.6 Å². The highest BCUT2D eigenvalue weighted by atomic mass is 127. The van der Waals surface area contributed by atoms with Crippen molar-refractivity contribution >= 4 is 29.9 Å². The molecule has 1 heterocycles. The van der Waals surface area contributed by atoms with Crippen molar-refractivity contribution in [3.05, 3.63) is 65.7 Å². The summed E-state index contributed by atoms with van der Waals surface area (Å²) in [5.74, 6) is 1.65. The van der Waals surface area contributed by atoms with Crippen LogP contribution in [0.3, 0.4) is 0 Å². The number of halogens is 1. The van der Waals surface area contributed by atoms with Gasteiger partial charge in [-0.3, -0.25) is 9.89 Å².